The summed E-state index contributed by atoms with van der Waals surface area (Å²) < 4.78 is 13.9. The number of hydrogen-bond donors (Lipinski definition) is 1. The van der Waals surface area contributed by atoms with E-state index in [0.29, 0.717) is 0 Å². The van der Waals surface area contributed by atoms with Crippen LogP contribution >= 0.6 is 11.3 Å². The largest absolute Gasteiger partial charge is 0.388 e. The molecule has 3 heteroatoms. The Labute approximate surface area is 104 Å². The first-order valence-electron chi connectivity index (χ1n) is 5.68. The Morgan fingerprint density at radius 1 is 1.41 bits per heavy atom. The van der Waals surface area contributed by atoms with E-state index in [0.717, 1.165) is 34.2 Å². The van der Waals surface area contributed by atoms with Crippen LogP contribution < -0.4 is 0 Å². The van der Waals surface area contributed by atoms with Gasteiger partial charge in [-0.2, -0.15) is 0 Å². The number of fused-ring (bicyclic) bond motifs is 1. The van der Waals surface area contributed by atoms with Crippen LogP contribution in [0.4, 0.5) is 4.39 Å². The third kappa shape index (κ3) is 2.93. The van der Waals surface area contributed by atoms with Gasteiger partial charge in [0.05, 0.1) is 6.10 Å². The zero-order valence-electron chi connectivity index (χ0n) is 9.53. The van der Waals surface area contributed by atoms with Gasteiger partial charge in [-0.25, -0.2) is 4.39 Å². The van der Waals surface area contributed by atoms with E-state index in [2.05, 4.69) is 6.58 Å². The summed E-state index contributed by atoms with van der Waals surface area (Å²) in [6.07, 6.45) is 3.97. The van der Waals surface area contributed by atoms with E-state index in [4.69, 9.17) is 0 Å². The number of rotatable bonds is 5. The van der Waals surface area contributed by atoms with Gasteiger partial charge in [-0.1, -0.05) is 12.1 Å². The Bertz CT molecular complexity index is 518. The molecule has 1 aromatic heterocycles. The third-order valence-electron chi connectivity index (χ3n) is 2.72. The molecule has 0 amide bonds. The molecule has 0 aliphatic carbocycles. The summed E-state index contributed by atoms with van der Waals surface area (Å²) in [5.74, 6) is -0.230. The molecular weight excluding hydrogens is 235 g/mol. The van der Waals surface area contributed by atoms with Crippen molar-refractivity contribution in [1.82, 2.24) is 0 Å². The Kier molecular flexibility index (Phi) is 3.92. The van der Waals surface area contributed by atoms with Gasteiger partial charge in [-0.05, 0) is 42.8 Å². The minimum absolute atomic E-state index is 0.230. The van der Waals surface area contributed by atoms with Gasteiger partial charge < -0.3 is 5.11 Å². The lowest BCUT2D eigenvalue weighted by atomic mass is 10.1. The van der Waals surface area contributed by atoms with Crippen LogP contribution in [0.3, 0.4) is 0 Å². The highest BCUT2D eigenvalue weighted by Gasteiger charge is 2.11. The normalized spacial score (nSPS) is 12.8. The average Bonchev–Trinajstić information content (AvgIpc) is 2.72. The Morgan fingerprint density at radius 3 is 3.00 bits per heavy atom. The first-order valence-corrected chi connectivity index (χ1v) is 6.50. The van der Waals surface area contributed by atoms with E-state index < -0.39 is 6.10 Å². The molecule has 1 heterocycles. The monoisotopic (exact) mass is 250 g/mol. The second-order valence-corrected chi connectivity index (χ2v) is 5.18. The molecule has 2 aromatic rings. The lowest BCUT2D eigenvalue weighted by Gasteiger charge is -2.06. The molecule has 1 aromatic carbocycles. The van der Waals surface area contributed by atoms with Gasteiger partial charge in [0.2, 0.25) is 0 Å². The van der Waals surface area contributed by atoms with E-state index in [1.807, 2.05) is 12.1 Å². The van der Waals surface area contributed by atoms with Crippen molar-refractivity contribution in [2.24, 2.45) is 0 Å². The lowest BCUT2D eigenvalue weighted by molar-refractivity contribution is 0.169. The maximum Gasteiger partial charge on any atom is 0.124 e. The Balaban J connectivity index is 2.15. The molecule has 1 N–H and O–H groups in total. The maximum atomic E-state index is 13.0. The van der Waals surface area contributed by atoms with Crippen molar-refractivity contribution in [3.05, 3.63) is 47.6 Å². The second kappa shape index (κ2) is 5.43. The van der Waals surface area contributed by atoms with E-state index in [-0.39, 0.29) is 5.82 Å². The molecule has 0 aliphatic heterocycles. The predicted molar refractivity (Wildman–Crippen MR) is 70.8 cm³/mol. The molecule has 90 valence electrons. The maximum absolute atomic E-state index is 13.0. The van der Waals surface area contributed by atoms with Crippen molar-refractivity contribution >= 4 is 21.4 Å². The summed E-state index contributed by atoms with van der Waals surface area (Å²) in [5.41, 5.74) is 0. The molecular formula is C14H15FOS. The Hall–Kier alpha value is -1.19. The van der Waals surface area contributed by atoms with Crippen LogP contribution in [0, 0.1) is 5.82 Å². The summed E-state index contributed by atoms with van der Waals surface area (Å²) in [5, 5.41) is 11.0. The molecule has 0 bridgehead atoms. The molecule has 0 fully saturated rings. The summed E-state index contributed by atoms with van der Waals surface area (Å²) in [6, 6.07) is 6.65. The zero-order valence-corrected chi connectivity index (χ0v) is 10.3. The number of unbranched alkanes of at least 4 members (excludes halogenated alkanes) is 1. The molecule has 0 saturated carbocycles. The highest BCUT2D eigenvalue weighted by Crippen LogP contribution is 2.32. The smallest absolute Gasteiger partial charge is 0.124 e. The fraction of sp³-hybridized carbons (Fsp3) is 0.286. The fourth-order valence-corrected chi connectivity index (χ4v) is 2.90. The number of allylic oxidation sites excluding steroid dienone is 1. The Morgan fingerprint density at radius 2 is 2.24 bits per heavy atom. The van der Waals surface area contributed by atoms with Gasteiger partial charge in [-0.15, -0.1) is 17.9 Å². The van der Waals surface area contributed by atoms with Crippen LogP contribution in [-0.2, 0) is 0 Å². The topological polar surface area (TPSA) is 20.2 Å². The third-order valence-corrected chi connectivity index (χ3v) is 3.91. The molecule has 1 atom stereocenters. The predicted octanol–water partition coefficient (Wildman–Crippen LogP) is 4.43. The quantitative estimate of drug-likeness (QED) is 0.614. The van der Waals surface area contributed by atoms with Crippen LogP contribution in [0.15, 0.2) is 36.9 Å². The van der Waals surface area contributed by atoms with E-state index in [1.165, 1.54) is 23.5 Å². The van der Waals surface area contributed by atoms with Gasteiger partial charge >= 0.3 is 0 Å². The van der Waals surface area contributed by atoms with Gasteiger partial charge in [0.1, 0.15) is 5.82 Å². The van der Waals surface area contributed by atoms with Crippen molar-refractivity contribution < 1.29 is 9.50 Å². The van der Waals surface area contributed by atoms with Gasteiger partial charge in [0.15, 0.2) is 0 Å². The van der Waals surface area contributed by atoms with E-state index in [1.54, 1.807) is 6.07 Å². The second-order valence-electron chi connectivity index (χ2n) is 4.07. The van der Waals surface area contributed by atoms with Crippen LogP contribution in [0.5, 0.6) is 0 Å². The molecule has 2 rings (SSSR count). The van der Waals surface area contributed by atoms with Crippen molar-refractivity contribution in [2.45, 2.75) is 25.4 Å². The number of halogens is 1. The number of thiophene rings is 1. The zero-order chi connectivity index (χ0) is 12.3. The number of aliphatic hydroxyl groups is 1. The van der Waals surface area contributed by atoms with Crippen molar-refractivity contribution in [2.75, 3.05) is 0 Å². The van der Waals surface area contributed by atoms with Crippen molar-refractivity contribution in [3.63, 3.8) is 0 Å². The summed E-state index contributed by atoms with van der Waals surface area (Å²) in [6.45, 7) is 3.65. The van der Waals surface area contributed by atoms with Crippen LogP contribution in [0.2, 0.25) is 0 Å². The highest BCUT2D eigenvalue weighted by atomic mass is 32.1. The van der Waals surface area contributed by atoms with Crippen LogP contribution in [0.25, 0.3) is 10.1 Å². The first kappa shape index (κ1) is 12.3. The van der Waals surface area contributed by atoms with Crippen LogP contribution in [-0.4, -0.2) is 5.11 Å². The average molecular weight is 250 g/mol. The SMILES string of the molecule is C=CCCCC(O)c1cc2ccc(F)cc2s1. The number of hydrogen-bond acceptors (Lipinski definition) is 2. The summed E-state index contributed by atoms with van der Waals surface area (Å²) in [4.78, 5) is 0.912. The minimum Gasteiger partial charge on any atom is -0.388 e. The minimum atomic E-state index is -0.449. The number of aliphatic hydroxyl groups excluding tert-OH is 1. The molecule has 1 nitrogen and oxygen atoms in total. The highest BCUT2D eigenvalue weighted by molar-refractivity contribution is 7.19. The molecule has 0 radical (unpaired) electrons. The standard InChI is InChI=1S/C14H15FOS/c1-2-3-4-5-12(16)14-8-10-6-7-11(15)9-13(10)17-14/h2,6-9,12,16H,1,3-5H2. The van der Waals surface area contributed by atoms with Crippen molar-refractivity contribution in [3.8, 4) is 0 Å². The van der Waals surface area contributed by atoms with Crippen molar-refractivity contribution in [1.29, 1.82) is 0 Å². The summed E-state index contributed by atoms with van der Waals surface area (Å²) >= 11 is 1.46. The lowest BCUT2D eigenvalue weighted by Crippen LogP contribution is -1.93. The van der Waals surface area contributed by atoms with E-state index >= 15 is 0 Å². The summed E-state index contributed by atoms with van der Waals surface area (Å²) in [7, 11) is 0. The number of benzene rings is 1. The van der Waals surface area contributed by atoms with Gasteiger partial charge in [0, 0.05) is 9.58 Å². The van der Waals surface area contributed by atoms with Crippen LogP contribution in [0.1, 0.15) is 30.2 Å². The molecule has 17 heavy (non-hydrogen) atoms. The molecule has 0 spiro atoms. The molecule has 0 aliphatic rings. The molecule has 0 saturated heterocycles. The van der Waals surface area contributed by atoms with Gasteiger partial charge in [-0.3, -0.25) is 0 Å². The van der Waals surface area contributed by atoms with Gasteiger partial charge in [0.25, 0.3) is 0 Å². The fourth-order valence-electron chi connectivity index (χ4n) is 1.79. The molecule has 1 unspecified atom stereocenters. The van der Waals surface area contributed by atoms with E-state index in [9.17, 15) is 9.50 Å². The first-order chi connectivity index (χ1) is 8.20.